The summed E-state index contributed by atoms with van der Waals surface area (Å²) < 4.78 is 5.09. The number of nitro benzene ring substituents is 2. The summed E-state index contributed by atoms with van der Waals surface area (Å²) in [5, 5.41) is 22.4. The molecule has 0 aliphatic rings. The minimum Gasteiger partial charge on any atom is -0.415 e. The Morgan fingerprint density at radius 3 is 2.21 bits per heavy atom. The summed E-state index contributed by atoms with van der Waals surface area (Å²) in [5.74, 6) is -1.21. The van der Waals surface area contributed by atoms with Crippen molar-refractivity contribution >= 4 is 17.3 Å². The van der Waals surface area contributed by atoms with Crippen LogP contribution in [0.4, 0.5) is 11.4 Å². The third kappa shape index (κ3) is 3.43. The van der Waals surface area contributed by atoms with Gasteiger partial charge in [-0.3, -0.25) is 20.2 Å². The lowest BCUT2D eigenvalue weighted by Crippen LogP contribution is -2.11. The van der Waals surface area contributed by atoms with Gasteiger partial charge in [0.15, 0.2) is 0 Å². The molecule has 2 rings (SSSR count). The summed E-state index contributed by atoms with van der Waals surface area (Å²) in [4.78, 5) is 32.6. The van der Waals surface area contributed by atoms with E-state index in [1.165, 1.54) is 6.92 Å². The van der Waals surface area contributed by atoms with Crippen molar-refractivity contribution in [3.8, 4) is 16.9 Å². The van der Waals surface area contributed by atoms with Crippen LogP contribution in [0.1, 0.15) is 6.92 Å². The average Bonchev–Trinajstić information content (AvgIpc) is 2.55. The SMILES string of the molecule is C=C(C)C(=O)Oc1c(-c2ccccc2)cc([N+](=O)[O-])cc1[N+](=O)[O-]. The van der Waals surface area contributed by atoms with Gasteiger partial charge in [-0.15, -0.1) is 0 Å². The van der Waals surface area contributed by atoms with Crippen LogP contribution in [-0.4, -0.2) is 15.8 Å². The molecule has 0 fully saturated rings. The van der Waals surface area contributed by atoms with Crippen molar-refractivity contribution < 1.29 is 19.4 Å². The Balaban J connectivity index is 2.77. The van der Waals surface area contributed by atoms with Crippen molar-refractivity contribution in [2.75, 3.05) is 0 Å². The molecule has 8 nitrogen and oxygen atoms in total. The molecule has 0 atom stereocenters. The van der Waals surface area contributed by atoms with Gasteiger partial charge in [0.1, 0.15) is 0 Å². The second-order valence-corrected chi connectivity index (χ2v) is 4.89. The molecular formula is C16H12N2O6. The number of rotatable bonds is 5. The number of nitro groups is 2. The highest BCUT2D eigenvalue weighted by molar-refractivity contribution is 5.91. The van der Waals surface area contributed by atoms with Crippen LogP contribution >= 0.6 is 0 Å². The van der Waals surface area contributed by atoms with Crippen molar-refractivity contribution in [3.05, 3.63) is 74.8 Å². The molecule has 0 unspecified atom stereocenters. The number of hydrogen-bond donors (Lipinski definition) is 0. The van der Waals surface area contributed by atoms with Crippen molar-refractivity contribution in [2.24, 2.45) is 0 Å². The zero-order chi connectivity index (χ0) is 17.9. The molecule has 2 aromatic carbocycles. The number of non-ortho nitro benzene ring substituents is 1. The molecule has 2 aromatic rings. The molecule has 8 heteroatoms. The Kier molecular flexibility index (Phi) is 4.69. The van der Waals surface area contributed by atoms with Gasteiger partial charge in [0.05, 0.1) is 15.9 Å². The van der Waals surface area contributed by atoms with E-state index in [-0.39, 0.29) is 16.9 Å². The molecule has 0 N–H and O–H groups in total. The highest BCUT2D eigenvalue weighted by atomic mass is 16.6. The molecule has 0 aliphatic heterocycles. The first-order chi connectivity index (χ1) is 11.3. The topological polar surface area (TPSA) is 113 Å². The Morgan fingerprint density at radius 2 is 1.71 bits per heavy atom. The smallest absolute Gasteiger partial charge is 0.338 e. The normalized spacial score (nSPS) is 10.0. The Bertz CT molecular complexity index is 845. The quantitative estimate of drug-likeness (QED) is 0.272. The summed E-state index contributed by atoms with van der Waals surface area (Å²) >= 11 is 0. The second kappa shape index (κ2) is 6.69. The maximum absolute atomic E-state index is 11.8. The van der Waals surface area contributed by atoms with Crippen LogP contribution in [0, 0.1) is 20.2 Å². The summed E-state index contributed by atoms with van der Waals surface area (Å²) in [5.41, 5.74) is -0.588. The molecule has 0 heterocycles. The van der Waals surface area contributed by atoms with E-state index in [4.69, 9.17) is 4.74 Å². The standard InChI is InChI=1S/C16H12N2O6/c1-10(2)16(19)24-15-13(11-6-4-3-5-7-11)8-12(17(20)21)9-14(15)18(22)23/h3-9H,1H2,2H3. The first-order valence-electron chi connectivity index (χ1n) is 6.71. The van der Waals surface area contributed by atoms with E-state index < -0.39 is 27.2 Å². The van der Waals surface area contributed by atoms with Gasteiger partial charge >= 0.3 is 11.7 Å². The number of esters is 1. The van der Waals surface area contributed by atoms with Gasteiger partial charge in [-0.25, -0.2) is 4.79 Å². The molecule has 0 saturated heterocycles. The van der Waals surface area contributed by atoms with Crippen LogP contribution in [0.2, 0.25) is 0 Å². The molecule has 0 amide bonds. The van der Waals surface area contributed by atoms with Crippen molar-refractivity contribution in [2.45, 2.75) is 6.92 Å². The summed E-state index contributed by atoms with van der Waals surface area (Å²) in [6.45, 7) is 4.81. The van der Waals surface area contributed by atoms with E-state index in [0.29, 0.717) is 5.56 Å². The lowest BCUT2D eigenvalue weighted by Gasteiger charge is -2.11. The summed E-state index contributed by atoms with van der Waals surface area (Å²) in [6.07, 6.45) is 0. The van der Waals surface area contributed by atoms with Gasteiger partial charge in [0.25, 0.3) is 5.69 Å². The van der Waals surface area contributed by atoms with E-state index in [2.05, 4.69) is 6.58 Å². The van der Waals surface area contributed by atoms with E-state index in [1.807, 2.05) is 0 Å². The van der Waals surface area contributed by atoms with Crippen LogP contribution in [0.15, 0.2) is 54.6 Å². The molecule has 0 radical (unpaired) electrons. The third-order valence-electron chi connectivity index (χ3n) is 3.09. The van der Waals surface area contributed by atoms with Gasteiger partial charge in [0, 0.05) is 17.2 Å². The number of nitrogens with zero attached hydrogens (tertiary/aromatic N) is 2. The Morgan fingerprint density at radius 1 is 1.08 bits per heavy atom. The maximum Gasteiger partial charge on any atom is 0.338 e. The summed E-state index contributed by atoms with van der Waals surface area (Å²) in [7, 11) is 0. The van der Waals surface area contributed by atoms with Crippen LogP contribution in [-0.2, 0) is 4.79 Å². The molecule has 0 bridgehead atoms. The minimum absolute atomic E-state index is 0.0432. The number of carbonyl (C=O) groups excluding carboxylic acids is 1. The number of benzene rings is 2. The van der Waals surface area contributed by atoms with Crippen LogP contribution in [0.5, 0.6) is 5.75 Å². The maximum atomic E-state index is 11.8. The lowest BCUT2D eigenvalue weighted by atomic mass is 10.0. The minimum atomic E-state index is -0.857. The summed E-state index contributed by atoms with van der Waals surface area (Å²) in [6, 6.07) is 10.1. The fourth-order valence-corrected chi connectivity index (χ4v) is 1.96. The molecule has 24 heavy (non-hydrogen) atoms. The predicted molar refractivity (Wildman–Crippen MR) is 85.6 cm³/mol. The van der Waals surface area contributed by atoms with E-state index in [1.54, 1.807) is 30.3 Å². The lowest BCUT2D eigenvalue weighted by molar-refractivity contribution is -0.394. The van der Waals surface area contributed by atoms with E-state index >= 15 is 0 Å². The highest BCUT2D eigenvalue weighted by Crippen LogP contribution is 2.41. The molecule has 0 aromatic heterocycles. The van der Waals surface area contributed by atoms with Gasteiger partial charge in [0.2, 0.25) is 5.75 Å². The molecule has 0 aliphatic carbocycles. The van der Waals surface area contributed by atoms with Crippen LogP contribution in [0.3, 0.4) is 0 Å². The predicted octanol–water partition coefficient (Wildman–Crippen LogP) is 3.65. The largest absolute Gasteiger partial charge is 0.415 e. The van der Waals surface area contributed by atoms with Gasteiger partial charge in [-0.05, 0) is 12.5 Å². The van der Waals surface area contributed by atoms with E-state index in [0.717, 1.165) is 12.1 Å². The van der Waals surface area contributed by atoms with Crippen molar-refractivity contribution in [1.82, 2.24) is 0 Å². The molecular weight excluding hydrogens is 316 g/mol. The number of hydrogen-bond acceptors (Lipinski definition) is 6. The number of ether oxygens (including phenoxy) is 1. The second-order valence-electron chi connectivity index (χ2n) is 4.89. The third-order valence-corrected chi connectivity index (χ3v) is 3.09. The van der Waals surface area contributed by atoms with Gasteiger partial charge in [-0.1, -0.05) is 36.9 Å². The van der Waals surface area contributed by atoms with Gasteiger partial charge < -0.3 is 4.74 Å². The van der Waals surface area contributed by atoms with Crippen LogP contribution in [0.25, 0.3) is 11.1 Å². The number of carbonyl (C=O) groups is 1. The Labute approximate surface area is 136 Å². The van der Waals surface area contributed by atoms with Crippen molar-refractivity contribution in [1.29, 1.82) is 0 Å². The first-order valence-corrected chi connectivity index (χ1v) is 6.71. The zero-order valence-electron chi connectivity index (χ0n) is 12.6. The monoisotopic (exact) mass is 328 g/mol. The fraction of sp³-hybridized carbons (Fsp3) is 0.0625. The highest BCUT2D eigenvalue weighted by Gasteiger charge is 2.28. The Hall–Kier alpha value is -3.55. The van der Waals surface area contributed by atoms with E-state index in [9.17, 15) is 25.0 Å². The zero-order valence-corrected chi connectivity index (χ0v) is 12.6. The average molecular weight is 328 g/mol. The van der Waals surface area contributed by atoms with Crippen molar-refractivity contribution in [3.63, 3.8) is 0 Å². The fourth-order valence-electron chi connectivity index (χ4n) is 1.96. The molecule has 122 valence electrons. The van der Waals surface area contributed by atoms with Gasteiger partial charge in [-0.2, -0.15) is 0 Å². The molecule has 0 saturated carbocycles. The van der Waals surface area contributed by atoms with Crippen LogP contribution < -0.4 is 4.74 Å². The molecule has 0 spiro atoms. The first kappa shape index (κ1) is 16.8.